The third-order valence-electron chi connectivity index (χ3n) is 3.17. The Labute approximate surface area is 121 Å². The number of imidazole rings is 1. The first-order valence-corrected chi connectivity index (χ1v) is 6.55. The smallest absolute Gasteiger partial charge is 0.180 e. The Balaban J connectivity index is 1.80. The van der Waals surface area contributed by atoms with Crippen molar-refractivity contribution in [3.8, 4) is 0 Å². The van der Waals surface area contributed by atoms with Crippen molar-refractivity contribution >= 4 is 17.3 Å². The van der Waals surface area contributed by atoms with E-state index in [2.05, 4.69) is 20.7 Å². The summed E-state index contributed by atoms with van der Waals surface area (Å²) in [5.41, 5.74) is 4.03. The fourth-order valence-electron chi connectivity index (χ4n) is 2.11. The van der Waals surface area contributed by atoms with Crippen LogP contribution in [0.4, 0.5) is 11.6 Å². The number of benzene rings is 1. The standard InChI is InChI=1S/C14H16N6O/c15-19-12-9-20-7-6-16-14(20)13(18-12)17-8-11(21)10-4-2-1-3-5-10/h1-7,9,11,19,21H,8,15H2,(H,17,18). The summed E-state index contributed by atoms with van der Waals surface area (Å²) in [5, 5.41) is 13.3. The highest BCUT2D eigenvalue weighted by Crippen LogP contribution is 2.18. The highest BCUT2D eigenvalue weighted by atomic mass is 16.3. The fourth-order valence-corrected chi connectivity index (χ4v) is 2.11. The van der Waals surface area contributed by atoms with Crippen molar-refractivity contribution in [1.29, 1.82) is 0 Å². The summed E-state index contributed by atoms with van der Waals surface area (Å²) in [5.74, 6) is 6.47. The number of aromatic nitrogens is 3. The van der Waals surface area contributed by atoms with Crippen molar-refractivity contribution in [2.45, 2.75) is 6.10 Å². The van der Waals surface area contributed by atoms with E-state index in [1.807, 2.05) is 30.3 Å². The number of aliphatic hydroxyl groups excluding tert-OH is 1. The van der Waals surface area contributed by atoms with E-state index in [4.69, 9.17) is 5.84 Å². The third-order valence-corrected chi connectivity index (χ3v) is 3.17. The molecule has 7 nitrogen and oxygen atoms in total. The van der Waals surface area contributed by atoms with Gasteiger partial charge >= 0.3 is 0 Å². The van der Waals surface area contributed by atoms with Crippen LogP contribution in [-0.2, 0) is 0 Å². The number of nitrogens with two attached hydrogens (primary N) is 1. The Bertz CT molecular complexity index is 727. The number of fused-ring (bicyclic) bond motifs is 1. The summed E-state index contributed by atoms with van der Waals surface area (Å²) in [6.45, 7) is 0.327. The average Bonchev–Trinajstić information content (AvgIpc) is 3.01. The zero-order valence-electron chi connectivity index (χ0n) is 11.3. The number of aliphatic hydroxyl groups is 1. The van der Waals surface area contributed by atoms with E-state index in [0.717, 1.165) is 5.56 Å². The molecule has 0 aliphatic rings. The van der Waals surface area contributed by atoms with Gasteiger partial charge in [0, 0.05) is 18.9 Å². The molecule has 2 heterocycles. The molecule has 0 bridgehead atoms. The predicted octanol–water partition coefficient (Wildman–Crippen LogP) is 1.16. The maximum absolute atomic E-state index is 10.2. The van der Waals surface area contributed by atoms with Crippen molar-refractivity contribution in [2.24, 2.45) is 5.84 Å². The van der Waals surface area contributed by atoms with Crippen LogP contribution >= 0.6 is 0 Å². The molecule has 0 fully saturated rings. The van der Waals surface area contributed by atoms with Gasteiger partial charge in [0.25, 0.3) is 0 Å². The van der Waals surface area contributed by atoms with Gasteiger partial charge in [-0.25, -0.2) is 15.8 Å². The lowest BCUT2D eigenvalue weighted by Crippen LogP contribution is -2.16. The molecule has 1 aromatic carbocycles. The molecule has 0 amide bonds. The predicted molar refractivity (Wildman–Crippen MR) is 80.7 cm³/mol. The molecule has 5 N–H and O–H groups in total. The fraction of sp³-hybridized carbons (Fsp3) is 0.143. The SMILES string of the molecule is NNc1cn2ccnc2c(NCC(O)c2ccccc2)n1. The number of nitrogens with zero attached hydrogens (tertiary/aromatic N) is 3. The monoisotopic (exact) mass is 284 g/mol. The summed E-state index contributed by atoms with van der Waals surface area (Å²) in [6, 6.07) is 9.45. The molecule has 1 unspecified atom stereocenters. The number of anilines is 2. The van der Waals surface area contributed by atoms with Crippen LogP contribution in [0, 0.1) is 0 Å². The molecular weight excluding hydrogens is 268 g/mol. The Morgan fingerprint density at radius 3 is 2.86 bits per heavy atom. The van der Waals surface area contributed by atoms with Crippen LogP contribution in [0.5, 0.6) is 0 Å². The van der Waals surface area contributed by atoms with E-state index < -0.39 is 6.10 Å². The van der Waals surface area contributed by atoms with Crippen LogP contribution in [0.25, 0.3) is 5.65 Å². The molecule has 3 rings (SSSR count). The largest absolute Gasteiger partial charge is 0.387 e. The summed E-state index contributed by atoms with van der Waals surface area (Å²) in [4.78, 5) is 8.55. The van der Waals surface area contributed by atoms with Gasteiger partial charge in [-0.15, -0.1) is 0 Å². The average molecular weight is 284 g/mol. The van der Waals surface area contributed by atoms with Crippen molar-refractivity contribution < 1.29 is 5.11 Å². The van der Waals surface area contributed by atoms with Gasteiger partial charge in [0.2, 0.25) is 0 Å². The van der Waals surface area contributed by atoms with Crippen molar-refractivity contribution in [3.63, 3.8) is 0 Å². The summed E-state index contributed by atoms with van der Waals surface area (Å²) in [7, 11) is 0. The number of nitrogens with one attached hydrogen (secondary N) is 2. The molecule has 0 radical (unpaired) electrons. The second-order valence-electron chi connectivity index (χ2n) is 4.58. The third kappa shape index (κ3) is 2.78. The van der Waals surface area contributed by atoms with Gasteiger partial charge in [-0.05, 0) is 5.56 Å². The van der Waals surface area contributed by atoms with Crippen LogP contribution in [-0.4, -0.2) is 26.0 Å². The van der Waals surface area contributed by atoms with E-state index in [0.29, 0.717) is 23.8 Å². The second kappa shape index (κ2) is 5.78. The van der Waals surface area contributed by atoms with Gasteiger partial charge in [-0.3, -0.25) is 0 Å². The first-order chi connectivity index (χ1) is 10.3. The molecule has 0 saturated heterocycles. The molecule has 0 aliphatic heterocycles. The number of rotatable bonds is 5. The highest BCUT2D eigenvalue weighted by Gasteiger charge is 2.10. The zero-order chi connectivity index (χ0) is 14.7. The number of nitrogen functional groups attached to an aromatic ring is 1. The van der Waals surface area contributed by atoms with E-state index in [1.165, 1.54) is 0 Å². The minimum Gasteiger partial charge on any atom is -0.387 e. The maximum atomic E-state index is 10.2. The van der Waals surface area contributed by atoms with Crippen LogP contribution in [0.3, 0.4) is 0 Å². The molecule has 2 aromatic heterocycles. The van der Waals surface area contributed by atoms with Gasteiger partial charge < -0.3 is 20.2 Å². The van der Waals surface area contributed by atoms with Crippen LogP contribution in [0.1, 0.15) is 11.7 Å². The normalized spacial score (nSPS) is 12.3. The minimum absolute atomic E-state index is 0.327. The topological polar surface area (TPSA) is 100 Å². The van der Waals surface area contributed by atoms with Crippen LogP contribution in [0.2, 0.25) is 0 Å². The number of hydrazine groups is 1. The Kier molecular flexibility index (Phi) is 3.67. The summed E-state index contributed by atoms with van der Waals surface area (Å²) in [6.07, 6.45) is 4.59. The summed E-state index contributed by atoms with van der Waals surface area (Å²) < 4.78 is 1.80. The maximum Gasteiger partial charge on any atom is 0.180 e. The molecule has 0 spiro atoms. The Morgan fingerprint density at radius 2 is 2.10 bits per heavy atom. The Hall–Kier alpha value is -2.64. The first kappa shape index (κ1) is 13.3. The van der Waals surface area contributed by atoms with Crippen molar-refractivity contribution in [3.05, 3.63) is 54.5 Å². The van der Waals surface area contributed by atoms with Gasteiger partial charge in [0.05, 0.1) is 12.3 Å². The van der Waals surface area contributed by atoms with Gasteiger partial charge in [0.15, 0.2) is 17.3 Å². The second-order valence-corrected chi connectivity index (χ2v) is 4.58. The molecular formula is C14H16N6O. The van der Waals surface area contributed by atoms with E-state index in [-0.39, 0.29) is 0 Å². The van der Waals surface area contributed by atoms with Gasteiger partial charge in [0.1, 0.15) is 0 Å². The lowest BCUT2D eigenvalue weighted by Gasteiger charge is -2.13. The van der Waals surface area contributed by atoms with E-state index in [1.54, 1.807) is 23.0 Å². The minimum atomic E-state index is -0.627. The number of hydrogen-bond acceptors (Lipinski definition) is 6. The van der Waals surface area contributed by atoms with Gasteiger partial charge in [-0.1, -0.05) is 30.3 Å². The quantitative estimate of drug-likeness (QED) is 0.414. The van der Waals surface area contributed by atoms with Crippen LogP contribution < -0.4 is 16.6 Å². The zero-order valence-corrected chi connectivity index (χ0v) is 11.3. The Morgan fingerprint density at radius 1 is 1.29 bits per heavy atom. The molecule has 0 aliphatic carbocycles. The molecule has 21 heavy (non-hydrogen) atoms. The molecule has 108 valence electrons. The lowest BCUT2D eigenvalue weighted by atomic mass is 10.1. The number of hydrogen-bond donors (Lipinski definition) is 4. The van der Waals surface area contributed by atoms with E-state index >= 15 is 0 Å². The van der Waals surface area contributed by atoms with Crippen molar-refractivity contribution in [2.75, 3.05) is 17.3 Å². The molecule has 0 saturated carbocycles. The molecule has 3 aromatic rings. The molecule has 1 atom stereocenters. The highest BCUT2D eigenvalue weighted by molar-refractivity contribution is 5.65. The first-order valence-electron chi connectivity index (χ1n) is 6.55. The summed E-state index contributed by atoms with van der Waals surface area (Å²) >= 11 is 0. The van der Waals surface area contributed by atoms with E-state index in [9.17, 15) is 5.11 Å². The van der Waals surface area contributed by atoms with Gasteiger partial charge in [-0.2, -0.15) is 0 Å². The van der Waals surface area contributed by atoms with Crippen LogP contribution in [0.15, 0.2) is 48.9 Å². The molecule has 7 heteroatoms. The lowest BCUT2D eigenvalue weighted by molar-refractivity contribution is 0.191. The van der Waals surface area contributed by atoms with Crippen molar-refractivity contribution in [1.82, 2.24) is 14.4 Å².